The second-order valence-electron chi connectivity index (χ2n) is 8.63. The van der Waals surface area contributed by atoms with E-state index in [1.807, 2.05) is 26.0 Å². The largest absolute Gasteiger partial charge is 0.310 e. The molecule has 2 aromatic heterocycles. The number of fused-ring (bicyclic) bond motifs is 1. The second-order valence-corrected chi connectivity index (χ2v) is 11.9. The molecule has 11 heteroatoms. The molecule has 1 fully saturated rings. The SMILES string of the molecule is Cc1cc(NC(=O)C2CCCN(S(=O)(=O)c3ccccc3)C2)n(-c2nc3c(C)ccc(Cl)c3s2)n1. The summed E-state index contributed by atoms with van der Waals surface area (Å²) in [4.78, 5) is 18.2. The molecular formula is C24H24ClN5O3S2. The lowest BCUT2D eigenvalue weighted by Gasteiger charge is -2.31. The molecule has 0 saturated carbocycles. The van der Waals surface area contributed by atoms with E-state index >= 15 is 0 Å². The molecule has 4 aromatic rings. The van der Waals surface area contributed by atoms with Crippen molar-refractivity contribution in [3.63, 3.8) is 0 Å². The van der Waals surface area contributed by atoms with Crippen LogP contribution in [0.4, 0.5) is 5.82 Å². The van der Waals surface area contributed by atoms with Crippen molar-refractivity contribution >= 4 is 54.9 Å². The highest BCUT2D eigenvalue weighted by molar-refractivity contribution is 7.89. The van der Waals surface area contributed by atoms with Gasteiger partial charge in [-0.25, -0.2) is 13.4 Å². The first-order valence-corrected chi connectivity index (χ1v) is 13.9. The Bertz CT molecular complexity index is 1480. The molecule has 1 unspecified atom stereocenters. The zero-order valence-corrected chi connectivity index (χ0v) is 21.6. The minimum Gasteiger partial charge on any atom is -0.310 e. The van der Waals surface area contributed by atoms with Crippen molar-refractivity contribution in [2.45, 2.75) is 31.6 Å². The van der Waals surface area contributed by atoms with Crippen LogP contribution in [0.2, 0.25) is 5.02 Å². The molecule has 0 spiro atoms. The Morgan fingerprint density at radius 1 is 1.17 bits per heavy atom. The van der Waals surface area contributed by atoms with Crippen molar-refractivity contribution in [3.05, 3.63) is 64.8 Å². The van der Waals surface area contributed by atoms with E-state index in [4.69, 9.17) is 16.6 Å². The highest BCUT2D eigenvalue weighted by Crippen LogP contribution is 2.34. The van der Waals surface area contributed by atoms with Crippen molar-refractivity contribution < 1.29 is 13.2 Å². The Balaban J connectivity index is 1.38. The number of halogens is 1. The van der Waals surface area contributed by atoms with Gasteiger partial charge in [0.1, 0.15) is 5.82 Å². The third-order valence-electron chi connectivity index (χ3n) is 6.09. The lowest BCUT2D eigenvalue weighted by atomic mass is 9.99. The molecule has 0 radical (unpaired) electrons. The average molecular weight is 530 g/mol. The first-order valence-electron chi connectivity index (χ1n) is 11.2. The topological polar surface area (TPSA) is 97.2 Å². The van der Waals surface area contributed by atoms with Gasteiger partial charge in [0.15, 0.2) is 0 Å². The van der Waals surface area contributed by atoms with Crippen LogP contribution in [0.1, 0.15) is 24.1 Å². The van der Waals surface area contributed by atoms with E-state index in [1.54, 1.807) is 41.1 Å². The van der Waals surface area contributed by atoms with Gasteiger partial charge in [0.25, 0.3) is 0 Å². The minimum absolute atomic E-state index is 0.131. The Hall–Kier alpha value is -2.79. The first kappa shape index (κ1) is 23.9. The summed E-state index contributed by atoms with van der Waals surface area (Å²) >= 11 is 7.77. The molecule has 5 rings (SSSR count). The van der Waals surface area contributed by atoms with E-state index in [9.17, 15) is 13.2 Å². The van der Waals surface area contributed by atoms with E-state index < -0.39 is 15.9 Å². The van der Waals surface area contributed by atoms with Gasteiger partial charge in [-0.05, 0) is 50.5 Å². The monoisotopic (exact) mass is 529 g/mol. The predicted molar refractivity (Wildman–Crippen MR) is 138 cm³/mol. The molecule has 182 valence electrons. The number of rotatable bonds is 5. The fourth-order valence-corrected chi connectivity index (χ4v) is 7.09. The van der Waals surface area contributed by atoms with Crippen LogP contribution in [0, 0.1) is 19.8 Å². The van der Waals surface area contributed by atoms with Crippen molar-refractivity contribution in [2.75, 3.05) is 18.4 Å². The third kappa shape index (κ3) is 4.58. The molecule has 1 N–H and O–H groups in total. The molecule has 3 heterocycles. The number of aryl methyl sites for hydroxylation is 2. The number of aromatic nitrogens is 3. The summed E-state index contributed by atoms with van der Waals surface area (Å²) in [5, 5.41) is 8.70. The van der Waals surface area contributed by atoms with Crippen LogP contribution in [-0.4, -0.2) is 46.5 Å². The van der Waals surface area contributed by atoms with Crippen molar-refractivity contribution in [3.8, 4) is 5.13 Å². The van der Waals surface area contributed by atoms with Gasteiger partial charge in [-0.3, -0.25) is 4.79 Å². The molecule has 1 aliphatic heterocycles. The summed E-state index contributed by atoms with van der Waals surface area (Å²) in [6.07, 6.45) is 1.22. The number of nitrogens with one attached hydrogen (secondary N) is 1. The van der Waals surface area contributed by atoms with E-state index in [1.165, 1.54) is 15.6 Å². The maximum absolute atomic E-state index is 13.2. The predicted octanol–water partition coefficient (Wildman–Crippen LogP) is 4.79. The fraction of sp³-hybridized carbons (Fsp3) is 0.292. The Labute approximate surface area is 212 Å². The van der Waals surface area contributed by atoms with Gasteiger partial charge in [-0.2, -0.15) is 14.1 Å². The summed E-state index contributed by atoms with van der Waals surface area (Å²) in [6, 6.07) is 13.9. The summed E-state index contributed by atoms with van der Waals surface area (Å²) in [6.45, 7) is 4.33. The van der Waals surface area contributed by atoms with Crippen LogP contribution in [0.3, 0.4) is 0 Å². The summed E-state index contributed by atoms with van der Waals surface area (Å²) in [5.41, 5.74) is 2.53. The van der Waals surface area contributed by atoms with E-state index in [2.05, 4.69) is 10.4 Å². The summed E-state index contributed by atoms with van der Waals surface area (Å²) in [7, 11) is -3.66. The number of hydrogen-bond acceptors (Lipinski definition) is 6. The summed E-state index contributed by atoms with van der Waals surface area (Å²) < 4.78 is 30.0. The molecule has 8 nitrogen and oxygen atoms in total. The summed E-state index contributed by atoms with van der Waals surface area (Å²) in [5.74, 6) is -0.226. The van der Waals surface area contributed by atoms with Gasteiger partial charge in [0.2, 0.25) is 21.1 Å². The van der Waals surface area contributed by atoms with Crippen LogP contribution in [-0.2, 0) is 14.8 Å². The highest BCUT2D eigenvalue weighted by Gasteiger charge is 2.33. The molecule has 1 amide bonds. The van der Waals surface area contributed by atoms with Gasteiger partial charge in [-0.1, -0.05) is 47.2 Å². The van der Waals surface area contributed by atoms with Crippen molar-refractivity contribution in [1.29, 1.82) is 0 Å². The quantitative estimate of drug-likeness (QED) is 0.401. The number of carbonyl (C=O) groups is 1. The second kappa shape index (κ2) is 9.34. The lowest BCUT2D eigenvalue weighted by molar-refractivity contribution is -0.120. The number of carbonyl (C=O) groups excluding carboxylic acids is 1. The Morgan fingerprint density at radius 2 is 1.94 bits per heavy atom. The number of sulfonamides is 1. The van der Waals surface area contributed by atoms with Crippen molar-refractivity contribution in [2.24, 2.45) is 5.92 Å². The van der Waals surface area contributed by atoms with Crippen LogP contribution in [0.5, 0.6) is 0 Å². The van der Waals surface area contributed by atoms with E-state index in [0.29, 0.717) is 35.4 Å². The molecule has 1 aliphatic rings. The highest BCUT2D eigenvalue weighted by atomic mass is 35.5. The molecule has 1 atom stereocenters. The number of benzene rings is 2. The number of hydrogen-bond donors (Lipinski definition) is 1. The van der Waals surface area contributed by atoms with Crippen molar-refractivity contribution in [1.82, 2.24) is 19.1 Å². The number of thiazole rings is 1. The number of anilines is 1. The zero-order chi connectivity index (χ0) is 24.7. The maximum Gasteiger partial charge on any atom is 0.243 e. The van der Waals surface area contributed by atoms with Gasteiger partial charge in [0.05, 0.1) is 31.7 Å². The van der Waals surface area contributed by atoms with Gasteiger partial charge in [0, 0.05) is 19.2 Å². The molecular weight excluding hydrogens is 506 g/mol. The van der Waals surface area contributed by atoms with Crippen LogP contribution < -0.4 is 5.32 Å². The van der Waals surface area contributed by atoms with Gasteiger partial charge < -0.3 is 5.32 Å². The molecule has 0 bridgehead atoms. The minimum atomic E-state index is -3.66. The van der Waals surface area contributed by atoms with Gasteiger partial charge in [-0.15, -0.1) is 0 Å². The number of piperidine rings is 1. The van der Waals surface area contributed by atoms with Gasteiger partial charge >= 0.3 is 0 Å². The third-order valence-corrected chi connectivity index (χ3v) is 9.46. The Kier molecular flexibility index (Phi) is 6.39. The zero-order valence-electron chi connectivity index (χ0n) is 19.2. The van der Waals surface area contributed by atoms with Crippen LogP contribution in [0.15, 0.2) is 53.4 Å². The standard InChI is InChI=1S/C24H24ClN5O3S2/c1-15-10-11-19(25)22-21(15)27-24(34-22)30-20(13-16(2)28-30)26-23(31)17-7-6-12-29(14-17)35(32,33)18-8-4-3-5-9-18/h3-5,8-11,13,17H,6-7,12,14H2,1-2H3,(H,26,31). The molecule has 35 heavy (non-hydrogen) atoms. The molecule has 2 aromatic carbocycles. The lowest BCUT2D eigenvalue weighted by Crippen LogP contribution is -2.43. The maximum atomic E-state index is 13.2. The Morgan fingerprint density at radius 3 is 2.69 bits per heavy atom. The van der Waals surface area contributed by atoms with Crippen LogP contribution in [0.25, 0.3) is 15.3 Å². The smallest absolute Gasteiger partial charge is 0.243 e. The average Bonchev–Trinajstić information content (AvgIpc) is 3.46. The van der Waals surface area contributed by atoms with E-state index in [-0.39, 0.29) is 17.3 Å². The normalized spacial score (nSPS) is 17.1. The first-order chi connectivity index (χ1) is 16.7. The molecule has 1 saturated heterocycles. The number of amides is 1. The fourth-order valence-electron chi connectivity index (χ4n) is 4.26. The number of nitrogens with zero attached hydrogens (tertiary/aromatic N) is 4. The van der Waals surface area contributed by atoms with Crippen LogP contribution >= 0.6 is 22.9 Å². The molecule has 0 aliphatic carbocycles. The van der Waals surface area contributed by atoms with E-state index in [0.717, 1.165) is 21.5 Å².